The standard InChI is InChI=1S/C14H21Br.C12H17Br.C11H15Cl.2C11H16.C10H9F5.CH4/c1-9(2)12-8-11(15)7-10(3)13(12)14(4,5)6;1-8-6-9(2)11(10(13)7-8)12(3,4)5;1-8-6-5-7-9(12)10(8)11(2,3)4;2*1-9-7-5-6-8-10(9)11(2,3)4;1-10(2,3)4-5(11)7(13)9(15)8(14)6(4)12;/h7-9H,1-6H3;6-7H,1-5H3;5-7H,1-4H3;2*5-8H,1-4H3;1-3H3;1H4. The van der Waals surface area contributed by atoms with Crippen LogP contribution in [0.5, 0.6) is 0 Å². The molecule has 0 aromatic heterocycles. The molecule has 0 heterocycles. The molecule has 0 aliphatic heterocycles. The van der Waals surface area contributed by atoms with E-state index in [0.717, 1.165) is 5.02 Å². The van der Waals surface area contributed by atoms with Gasteiger partial charge in [-0.15, -0.1) is 0 Å². The fourth-order valence-corrected chi connectivity index (χ4v) is 12.2. The van der Waals surface area contributed by atoms with Crippen LogP contribution in [0.3, 0.4) is 0 Å². The SMILES string of the molecule is C.CC(C)(C)c1c(F)c(F)c(F)c(F)c1F.Cc1cc(Br)cc(C(C)C)c1C(C)(C)C.Cc1cc(C)c(C(C)(C)C)c(Br)c1.Cc1cccc(Cl)c1C(C)(C)C.Cc1ccccc1C(C)(C)C.Cc1ccccc1C(C)(C)C. The van der Waals surface area contributed by atoms with Gasteiger partial charge in [0.2, 0.25) is 5.82 Å². The van der Waals surface area contributed by atoms with E-state index in [4.69, 9.17) is 11.6 Å². The molecule has 0 N–H and O–H groups in total. The molecule has 0 spiro atoms. The van der Waals surface area contributed by atoms with Gasteiger partial charge >= 0.3 is 0 Å². The van der Waals surface area contributed by atoms with Crippen LogP contribution in [-0.4, -0.2) is 0 Å². The monoisotopic (exact) mass is 1230 g/mol. The Bertz CT molecular complexity index is 2740. The third-order valence-electron chi connectivity index (χ3n) is 12.7. The molecule has 0 amide bonds. The zero-order valence-corrected chi connectivity index (χ0v) is 55.7. The van der Waals surface area contributed by atoms with E-state index in [0.29, 0.717) is 5.92 Å². The fourth-order valence-electron chi connectivity index (χ4n) is 9.79. The summed E-state index contributed by atoms with van der Waals surface area (Å²) in [5.41, 5.74) is 15.9. The Balaban J connectivity index is 0.000000914. The minimum Gasteiger partial charge on any atom is -0.203 e. The molecule has 0 saturated heterocycles. The van der Waals surface area contributed by atoms with Crippen molar-refractivity contribution in [3.8, 4) is 0 Å². The van der Waals surface area contributed by atoms with Gasteiger partial charge in [0.15, 0.2) is 23.3 Å². The van der Waals surface area contributed by atoms with E-state index >= 15 is 0 Å². The third-order valence-corrected chi connectivity index (χ3v) is 14.1. The van der Waals surface area contributed by atoms with E-state index in [1.54, 1.807) is 0 Å². The van der Waals surface area contributed by atoms with Crippen LogP contribution in [0.15, 0.2) is 99.9 Å². The summed E-state index contributed by atoms with van der Waals surface area (Å²) >= 11 is 13.3. The summed E-state index contributed by atoms with van der Waals surface area (Å²) in [6, 6.07) is 32.1. The Hall–Kier alpha value is -3.78. The zero-order chi connectivity index (χ0) is 60.3. The van der Waals surface area contributed by atoms with Gasteiger partial charge in [-0.25, -0.2) is 22.0 Å². The molecule has 0 fully saturated rings. The molecular weight excluding hydrogens is 1130 g/mol. The fraction of sp³-hybridized carbons (Fsp3) is 0.486. The molecule has 6 aromatic rings. The first-order valence-corrected chi connectivity index (χ1v) is 28.6. The Morgan fingerprint density at radius 3 is 1.01 bits per heavy atom. The van der Waals surface area contributed by atoms with Crippen molar-refractivity contribution in [3.63, 3.8) is 0 Å². The molecule has 0 radical (unpaired) electrons. The van der Waals surface area contributed by atoms with Crippen LogP contribution in [0.1, 0.15) is 224 Å². The first-order valence-electron chi connectivity index (χ1n) is 26.7. The highest BCUT2D eigenvalue weighted by Gasteiger charge is 2.32. The Morgan fingerprint density at radius 1 is 0.372 bits per heavy atom. The quantitative estimate of drug-likeness (QED) is 0.0874. The number of benzene rings is 6. The normalized spacial score (nSPS) is 11.7. The average Bonchev–Trinajstić information content (AvgIpc) is 3.23. The van der Waals surface area contributed by atoms with Crippen LogP contribution in [0.4, 0.5) is 22.0 Å². The number of hydrogen-bond donors (Lipinski definition) is 0. The maximum absolute atomic E-state index is 13.2. The molecule has 0 aliphatic rings. The third kappa shape index (κ3) is 22.3. The molecule has 0 bridgehead atoms. The van der Waals surface area contributed by atoms with E-state index in [1.165, 1.54) is 96.5 Å². The zero-order valence-electron chi connectivity index (χ0n) is 51.8. The van der Waals surface area contributed by atoms with E-state index in [9.17, 15) is 22.0 Å². The molecule has 6 rings (SSSR count). The highest BCUT2D eigenvalue weighted by molar-refractivity contribution is 9.10. The maximum Gasteiger partial charge on any atom is 0.200 e. The first kappa shape index (κ1) is 74.2. The number of halogens is 8. The second kappa shape index (κ2) is 29.8. The molecule has 0 atom stereocenters. The van der Waals surface area contributed by atoms with Gasteiger partial charge in [0.25, 0.3) is 0 Å². The van der Waals surface area contributed by atoms with Crippen molar-refractivity contribution in [2.45, 2.75) is 226 Å². The van der Waals surface area contributed by atoms with Crippen LogP contribution in [0.2, 0.25) is 5.02 Å². The molecule has 0 saturated carbocycles. The smallest absolute Gasteiger partial charge is 0.200 e. The van der Waals surface area contributed by atoms with Crippen molar-refractivity contribution in [2.75, 3.05) is 0 Å². The summed E-state index contributed by atoms with van der Waals surface area (Å²) in [4.78, 5) is 0. The van der Waals surface area contributed by atoms with Crippen molar-refractivity contribution >= 4 is 43.5 Å². The van der Waals surface area contributed by atoms with Crippen LogP contribution in [0.25, 0.3) is 0 Å². The predicted octanol–water partition coefficient (Wildman–Crippen LogP) is 24.4. The summed E-state index contributed by atoms with van der Waals surface area (Å²) in [5.74, 6) is -8.89. The number of aryl methyl sites for hydroxylation is 6. The van der Waals surface area contributed by atoms with E-state index in [1.807, 2.05) is 12.1 Å². The summed E-state index contributed by atoms with van der Waals surface area (Å²) in [6.45, 7) is 55.2. The first-order chi connectivity index (χ1) is 34.7. The molecule has 6 aromatic carbocycles. The van der Waals surface area contributed by atoms with Gasteiger partial charge in [-0.3, -0.25) is 0 Å². The number of rotatable bonds is 1. The van der Waals surface area contributed by atoms with Gasteiger partial charge in [0.05, 0.1) is 0 Å². The lowest BCUT2D eigenvalue weighted by atomic mass is 9.78. The highest BCUT2D eigenvalue weighted by atomic mass is 79.9. The summed E-state index contributed by atoms with van der Waals surface area (Å²) < 4.78 is 67.0. The lowest BCUT2D eigenvalue weighted by molar-refractivity contribution is 0.353. The van der Waals surface area contributed by atoms with Crippen molar-refractivity contribution in [3.05, 3.63) is 206 Å². The van der Waals surface area contributed by atoms with Gasteiger partial charge in [-0.2, -0.15) is 0 Å². The van der Waals surface area contributed by atoms with Crippen LogP contribution < -0.4 is 0 Å². The van der Waals surface area contributed by atoms with Crippen molar-refractivity contribution in [2.24, 2.45) is 0 Å². The van der Waals surface area contributed by atoms with Crippen molar-refractivity contribution < 1.29 is 22.0 Å². The summed E-state index contributed by atoms with van der Waals surface area (Å²) in [6.07, 6.45) is 0. The highest BCUT2D eigenvalue weighted by Crippen LogP contribution is 2.37. The van der Waals surface area contributed by atoms with Gasteiger partial charge in [-0.05, 0) is 171 Å². The van der Waals surface area contributed by atoms with Gasteiger partial charge < -0.3 is 0 Å². The molecule has 434 valence electrons. The summed E-state index contributed by atoms with van der Waals surface area (Å²) in [7, 11) is 0. The summed E-state index contributed by atoms with van der Waals surface area (Å²) in [5, 5.41) is 0.877. The second-order valence-corrected chi connectivity index (χ2v) is 29.0. The van der Waals surface area contributed by atoms with Crippen LogP contribution in [0, 0.1) is 70.6 Å². The van der Waals surface area contributed by atoms with Crippen molar-refractivity contribution in [1.82, 2.24) is 0 Å². The van der Waals surface area contributed by atoms with E-state index < -0.39 is 40.1 Å². The molecule has 0 aliphatic carbocycles. The largest absolute Gasteiger partial charge is 0.203 e. The van der Waals surface area contributed by atoms with Gasteiger partial charge in [0, 0.05) is 19.5 Å². The Morgan fingerprint density at radius 2 is 0.718 bits per heavy atom. The van der Waals surface area contributed by atoms with Crippen molar-refractivity contribution in [1.29, 1.82) is 0 Å². The topological polar surface area (TPSA) is 0 Å². The van der Waals surface area contributed by atoms with E-state index in [2.05, 4.69) is 270 Å². The molecular formula is C70H98Br2ClF5. The van der Waals surface area contributed by atoms with Crippen LogP contribution in [-0.2, 0) is 32.5 Å². The Kier molecular flexibility index (Phi) is 28.3. The minimum atomic E-state index is -2.13. The average molecular weight is 1230 g/mol. The van der Waals surface area contributed by atoms with E-state index in [-0.39, 0.29) is 34.5 Å². The van der Waals surface area contributed by atoms with Gasteiger partial charge in [0.1, 0.15) is 0 Å². The Labute approximate surface area is 494 Å². The molecule has 8 heteroatoms. The lowest BCUT2D eigenvalue weighted by Crippen LogP contribution is -2.20. The number of hydrogen-bond acceptors (Lipinski definition) is 0. The lowest BCUT2D eigenvalue weighted by Gasteiger charge is -2.27. The minimum absolute atomic E-state index is 0. The maximum atomic E-state index is 13.2. The molecule has 0 unspecified atom stereocenters. The predicted molar refractivity (Wildman–Crippen MR) is 340 cm³/mol. The van der Waals surface area contributed by atoms with Gasteiger partial charge in [-0.1, -0.05) is 256 Å². The van der Waals surface area contributed by atoms with Crippen LogP contribution >= 0.6 is 43.5 Å². The molecule has 78 heavy (non-hydrogen) atoms. The molecule has 0 nitrogen and oxygen atoms in total. The second-order valence-electron chi connectivity index (χ2n) is 26.8.